The Morgan fingerprint density at radius 3 is 2.53 bits per heavy atom. The predicted molar refractivity (Wildman–Crippen MR) is 124 cm³/mol. The smallest absolute Gasteiger partial charge is 0.301 e. The summed E-state index contributed by atoms with van der Waals surface area (Å²) in [5.74, 6) is -4.82. The number of hydrogen-bond donors (Lipinski definition) is 1. The first-order chi connectivity index (χ1) is 17.9. The van der Waals surface area contributed by atoms with Crippen LogP contribution in [0.4, 0.5) is 27.6 Å². The van der Waals surface area contributed by atoms with Gasteiger partial charge in [-0.2, -0.15) is 18.0 Å². The molecule has 0 bridgehead atoms. The number of rotatable bonds is 7. The Kier molecular flexibility index (Phi) is 6.07. The van der Waals surface area contributed by atoms with Crippen LogP contribution in [0.5, 0.6) is 11.5 Å². The zero-order valence-corrected chi connectivity index (χ0v) is 20.1. The summed E-state index contributed by atoms with van der Waals surface area (Å²) in [6.07, 6.45) is -1.96. The van der Waals surface area contributed by atoms with Gasteiger partial charge < -0.3 is 4.74 Å². The molecule has 2 aliphatic rings. The van der Waals surface area contributed by atoms with E-state index >= 15 is 0 Å². The number of nitrogens with one attached hydrogen (secondary N) is 1. The fourth-order valence-electron chi connectivity index (χ4n) is 4.51. The molecule has 1 saturated heterocycles. The number of ether oxygens (including phenoxy) is 1. The van der Waals surface area contributed by atoms with Crippen molar-refractivity contribution in [1.82, 2.24) is 13.9 Å². The molecule has 1 aliphatic heterocycles. The first kappa shape index (κ1) is 25.9. The molecule has 1 aliphatic carbocycles. The van der Waals surface area contributed by atoms with Gasteiger partial charge in [-0.15, -0.1) is 0 Å². The quantitative estimate of drug-likeness (QED) is 0.443. The van der Waals surface area contributed by atoms with Crippen molar-refractivity contribution in [3.8, 4) is 17.6 Å². The van der Waals surface area contributed by atoms with Crippen LogP contribution in [0.3, 0.4) is 0 Å². The van der Waals surface area contributed by atoms with E-state index in [1.165, 1.54) is 12.1 Å². The zero-order chi connectivity index (χ0) is 27.5. The van der Waals surface area contributed by atoms with Gasteiger partial charge in [0.15, 0.2) is 11.6 Å². The van der Waals surface area contributed by atoms with E-state index in [4.69, 9.17) is 4.74 Å². The van der Waals surface area contributed by atoms with Crippen LogP contribution in [0.15, 0.2) is 41.5 Å². The first-order valence-corrected chi connectivity index (χ1v) is 12.6. The molecule has 2 aromatic carbocycles. The lowest BCUT2D eigenvalue weighted by atomic mass is 9.61. The van der Waals surface area contributed by atoms with Crippen LogP contribution < -0.4 is 15.0 Å². The van der Waals surface area contributed by atoms with E-state index in [1.54, 1.807) is 6.07 Å². The second-order valence-corrected chi connectivity index (χ2v) is 10.8. The Morgan fingerprint density at radius 1 is 1.18 bits per heavy atom. The Balaban J connectivity index is 1.43. The molecule has 1 spiro atoms. The van der Waals surface area contributed by atoms with Gasteiger partial charge in [-0.3, -0.25) is 14.1 Å². The minimum atomic E-state index is -4.35. The predicted octanol–water partition coefficient (Wildman–Crippen LogP) is 3.85. The summed E-state index contributed by atoms with van der Waals surface area (Å²) in [5.41, 5.74) is -2.94. The fourth-order valence-corrected chi connectivity index (χ4v) is 5.92. The number of nitriles is 1. The Hall–Kier alpha value is -3.77. The summed E-state index contributed by atoms with van der Waals surface area (Å²) in [7, 11) is -4.35. The molecule has 5 rings (SSSR count). The molecular formula is C23H18F5N5O4S. The lowest BCUT2D eigenvalue weighted by molar-refractivity contribution is -0.242. The van der Waals surface area contributed by atoms with Crippen LogP contribution in [0, 0.1) is 22.6 Å². The number of aromatic nitrogens is 2. The number of nitrogens with zero attached hydrogens (tertiary/aromatic N) is 4. The average molecular weight is 555 g/mol. The van der Waals surface area contributed by atoms with Crippen molar-refractivity contribution in [2.75, 3.05) is 17.8 Å². The minimum absolute atomic E-state index is 0.110. The Morgan fingerprint density at radius 2 is 1.92 bits per heavy atom. The molecule has 0 amide bonds. The maximum absolute atomic E-state index is 14.7. The van der Waals surface area contributed by atoms with E-state index in [2.05, 4.69) is 9.71 Å². The van der Waals surface area contributed by atoms with Gasteiger partial charge in [-0.25, -0.2) is 26.9 Å². The number of alkyl halides is 4. The molecule has 38 heavy (non-hydrogen) atoms. The van der Waals surface area contributed by atoms with Gasteiger partial charge in [0.1, 0.15) is 17.4 Å². The minimum Gasteiger partial charge on any atom is -0.453 e. The van der Waals surface area contributed by atoms with Gasteiger partial charge in [0.2, 0.25) is 0 Å². The summed E-state index contributed by atoms with van der Waals surface area (Å²) < 4.78 is 103. The van der Waals surface area contributed by atoms with Gasteiger partial charge in [0.05, 0.1) is 34.9 Å². The summed E-state index contributed by atoms with van der Waals surface area (Å²) in [6, 6.07) is 7.23. The third kappa shape index (κ3) is 4.23. The lowest BCUT2D eigenvalue weighted by Crippen LogP contribution is -2.71. The largest absolute Gasteiger partial charge is 0.453 e. The van der Waals surface area contributed by atoms with Crippen molar-refractivity contribution in [2.45, 2.75) is 31.7 Å². The van der Waals surface area contributed by atoms with Gasteiger partial charge in [0.25, 0.3) is 17.9 Å². The first-order valence-electron chi connectivity index (χ1n) is 11.2. The van der Waals surface area contributed by atoms with E-state index in [9.17, 15) is 40.4 Å². The molecule has 2 fully saturated rings. The maximum Gasteiger partial charge on any atom is 0.301 e. The molecule has 0 atom stereocenters. The normalized spacial score (nSPS) is 18.1. The molecule has 2 heterocycles. The third-order valence-electron chi connectivity index (χ3n) is 6.80. The molecule has 1 N–H and O–H groups in total. The molecule has 200 valence electrons. The van der Waals surface area contributed by atoms with E-state index < -0.39 is 70.3 Å². The number of halogens is 5. The average Bonchev–Trinajstić information content (AvgIpc) is 2.81. The van der Waals surface area contributed by atoms with E-state index in [-0.39, 0.29) is 35.2 Å². The van der Waals surface area contributed by atoms with E-state index in [0.717, 1.165) is 28.8 Å². The van der Waals surface area contributed by atoms with Crippen LogP contribution in [-0.4, -0.2) is 47.7 Å². The van der Waals surface area contributed by atoms with Crippen LogP contribution in [0.25, 0.3) is 10.9 Å². The molecular weight excluding hydrogens is 537 g/mol. The van der Waals surface area contributed by atoms with Crippen molar-refractivity contribution in [3.63, 3.8) is 0 Å². The highest BCUT2D eigenvalue weighted by molar-refractivity contribution is 7.90. The molecule has 0 radical (unpaired) electrons. The van der Waals surface area contributed by atoms with Crippen molar-refractivity contribution >= 4 is 26.8 Å². The van der Waals surface area contributed by atoms with E-state index in [1.807, 2.05) is 0 Å². The third-order valence-corrected chi connectivity index (χ3v) is 8.22. The number of anilines is 1. The molecule has 9 nitrogen and oxygen atoms in total. The SMILES string of the molecule is N#Cc1c(NS(=O)(=O)N2CC3(CCC3(F)F)C2)ccc(F)c1Oc1ccc2ncn(CC(F)F)c(=O)c2c1. The Labute approximate surface area is 212 Å². The maximum atomic E-state index is 14.7. The standard InChI is InChI=1S/C23H18F5N5O4S/c24-16-2-4-18(31-38(35,36)33-10-22(11-33)5-6-23(22,27)28)15(8-29)20(16)37-13-1-3-17-14(7-13)21(34)32(12-30-17)9-19(25)26/h1-4,7,12,19,31H,5-6,9-11H2. The van der Waals surface area contributed by atoms with Gasteiger partial charge in [-0.1, -0.05) is 0 Å². The highest BCUT2D eigenvalue weighted by atomic mass is 32.2. The molecule has 1 saturated carbocycles. The molecule has 15 heteroatoms. The van der Waals surface area contributed by atoms with Crippen molar-refractivity contribution < 1.29 is 35.1 Å². The summed E-state index contributed by atoms with van der Waals surface area (Å²) in [6.45, 7) is -1.68. The van der Waals surface area contributed by atoms with Crippen LogP contribution in [0.2, 0.25) is 0 Å². The second-order valence-electron chi connectivity index (χ2n) is 9.15. The summed E-state index contributed by atoms with van der Waals surface area (Å²) in [5, 5.41) is 9.55. The van der Waals surface area contributed by atoms with Crippen LogP contribution in [0.1, 0.15) is 18.4 Å². The topological polar surface area (TPSA) is 117 Å². The fraction of sp³-hybridized carbons (Fsp3) is 0.348. The highest BCUT2D eigenvalue weighted by Gasteiger charge is 2.68. The monoisotopic (exact) mass is 555 g/mol. The summed E-state index contributed by atoms with van der Waals surface area (Å²) >= 11 is 0. The van der Waals surface area contributed by atoms with Crippen LogP contribution >= 0.6 is 0 Å². The molecule has 1 aromatic heterocycles. The zero-order valence-electron chi connectivity index (χ0n) is 19.3. The molecule has 0 unspecified atom stereocenters. The number of hydrogen-bond acceptors (Lipinski definition) is 6. The van der Waals surface area contributed by atoms with Crippen LogP contribution in [-0.2, 0) is 16.8 Å². The van der Waals surface area contributed by atoms with Crippen molar-refractivity contribution in [1.29, 1.82) is 5.26 Å². The van der Waals surface area contributed by atoms with Crippen molar-refractivity contribution in [2.24, 2.45) is 5.41 Å². The van der Waals surface area contributed by atoms with Gasteiger partial charge in [0, 0.05) is 19.5 Å². The van der Waals surface area contributed by atoms with Gasteiger partial charge in [-0.05, 0) is 36.8 Å². The lowest BCUT2D eigenvalue weighted by Gasteiger charge is -2.58. The van der Waals surface area contributed by atoms with Gasteiger partial charge >= 0.3 is 10.2 Å². The second kappa shape index (κ2) is 8.91. The highest BCUT2D eigenvalue weighted by Crippen LogP contribution is 2.59. The molecule has 3 aromatic rings. The Bertz CT molecular complexity index is 1650. The summed E-state index contributed by atoms with van der Waals surface area (Å²) in [4.78, 5) is 16.5. The number of fused-ring (bicyclic) bond motifs is 1. The number of benzene rings is 2. The van der Waals surface area contributed by atoms with Crippen molar-refractivity contribution in [3.05, 3.63) is 58.4 Å². The van der Waals surface area contributed by atoms with E-state index in [0.29, 0.717) is 4.57 Å².